The molecule has 0 fully saturated rings. The summed E-state index contributed by atoms with van der Waals surface area (Å²) in [6, 6.07) is 23.0. The number of aromatic nitrogens is 3. The van der Waals surface area contributed by atoms with Crippen molar-refractivity contribution in [3.63, 3.8) is 0 Å². The Morgan fingerprint density at radius 3 is 2.53 bits per heavy atom. The first kappa shape index (κ1) is 25.5. The Bertz CT molecular complexity index is 1520. The predicted molar refractivity (Wildman–Crippen MR) is 147 cm³/mol. The molecule has 4 aromatic rings. The van der Waals surface area contributed by atoms with E-state index in [-0.39, 0.29) is 17.9 Å². The van der Waals surface area contributed by atoms with Crippen molar-refractivity contribution in [1.82, 2.24) is 10.1 Å². The van der Waals surface area contributed by atoms with E-state index >= 15 is 0 Å². The zero-order valence-corrected chi connectivity index (χ0v) is 22.3. The van der Waals surface area contributed by atoms with Crippen LogP contribution in [-0.2, 0) is 11.4 Å². The summed E-state index contributed by atoms with van der Waals surface area (Å²) in [4.78, 5) is 31.3. The Labute approximate surface area is 225 Å². The summed E-state index contributed by atoms with van der Waals surface area (Å²) in [6.07, 6.45) is 1.44. The normalized spacial score (nSPS) is 14.0. The Morgan fingerprint density at radius 1 is 1.03 bits per heavy atom. The van der Waals surface area contributed by atoms with E-state index < -0.39 is 6.17 Å². The minimum absolute atomic E-state index is 0.0873. The topological polar surface area (TPSA) is 88.4 Å². The van der Waals surface area contributed by atoms with E-state index in [1.807, 2.05) is 92.9 Å². The molecule has 38 heavy (non-hydrogen) atoms. The second-order valence-corrected chi connectivity index (χ2v) is 9.47. The fourth-order valence-corrected chi connectivity index (χ4v) is 4.98. The summed E-state index contributed by atoms with van der Waals surface area (Å²) in [5.41, 5.74) is 3.23. The van der Waals surface area contributed by atoms with Gasteiger partial charge >= 0.3 is 11.3 Å². The average molecular weight is 530 g/mol. The smallest absolute Gasteiger partial charge is 0.325 e. The lowest BCUT2D eigenvalue weighted by atomic mass is 10.0. The number of fused-ring (bicyclic) bond motifs is 3. The molecule has 1 aliphatic rings. The van der Waals surface area contributed by atoms with Gasteiger partial charge in [0.1, 0.15) is 6.61 Å². The molecular formula is C29H29N4O4S+. The molecule has 1 N–H and O–H groups in total. The van der Waals surface area contributed by atoms with Crippen LogP contribution < -0.4 is 24.6 Å². The highest BCUT2D eigenvalue weighted by molar-refractivity contribution is 7.98. The molecular weight excluding hydrogens is 500 g/mol. The van der Waals surface area contributed by atoms with Crippen molar-refractivity contribution in [2.45, 2.75) is 38.2 Å². The molecule has 9 heteroatoms. The minimum atomic E-state index is -0.692. The van der Waals surface area contributed by atoms with Gasteiger partial charge in [-0.2, -0.15) is 0 Å². The number of carbonyl (C=O) groups excluding carboxylic acids is 1. The zero-order chi connectivity index (χ0) is 26.6. The lowest BCUT2D eigenvalue weighted by Gasteiger charge is -2.32. The van der Waals surface area contributed by atoms with Crippen molar-refractivity contribution >= 4 is 23.4 Å². The summed E-state index contributed by atoms with van der Waals surface area (Å²) < 4.78 is 13.7. The van der Waals surface area contributed by atoms with Gasteiger partial charge in [-0.1, -0.05) is 61.2 Å². The first-order valence-corrected chi connectivity index (χ1v) is 13.7. The molecule has 0 aliphatic carbocycles. The van der Waals surface area contributed by atoms with Crippen LogP contribution in [0.25, 0.3) is 11.3 Å². The number of nitrogens with zero attached hydrogens (tertiary/aromatic N) is 3. The van der Waals surface area contributed by atoms with Crippen molar-refractivity contribution in [3.05, 3.63) is 94.3 Å². The molecule has 194 valence electrons. The summed E-state index contributed by atoms with van der Waals surface area (Å²) in [5, 5.41) is 5.21. The van der Waals surface area contributed by atoms with Crippen LogP contribution in [0.2, 0.25) is 0 Å². The van der Waals surface area contributed by atoms with Gasteiger partial charge in [0.25, 0.3) is 6.17 Å². The largest absolute Gasteiger partial charge is 0.490 e. The number of para-hydroxylation sites is 1. The number of hydrogen-bond donors (Lipinski definition) is 1. The number of aromatic amines is 1. The standard InChI is InChI=1S/C29H28N4O4S/c1-4-25(34)32-22-14-10-9-13-21(22)26-27(35)30-29(38-3)31-33(26)28(32)20-15-16-23(24(17-20)36-5-2)37-18-19-11-7-6-8-12-19/h6-17,28H,4-5,18H2,1-3H3/p+1/t28-/m1/s1. The van der Waals surface area contributed by atoms with Crippen LogP contribution in [0.3, 0.4) is 0 Å². The van der Waals surface area contributed by atoms with Gasteiger partial charge in [0.15, 0.2) is 11.5 Å². The van der Waals surface area contributed by atoms with Crippen LogP contribution in [0.15, 0.2) is 82.7 Å². The van der Waals surface area contributed by atoms with Gasteiger partial charge in [-0.15, -0.1) is 0 Å². The van der Waals surface area contributed by atoms with Crippen LogP contribution in [0, 0.1) is 0 Å². The molecule has 1 atom stereocenters. The van der Waals surface area contributed by atoms with Crippen molar-refractivity contribution < 1.29 is 19.0 Å². The van der Waals surface area contributed by atoms with E-state index in [4.69, 9.17) is 14.6 Å². The van der Waals surface area contributed by atoms with Crippen molar-refractivity contribution in [3.8, 4) is 22.8 Å². The molecule has 1 aliphatic heterocycles. The molecule has 0 saturated heterocycles. The molecule has 3 aromatic carbocycles. The Hall–Kier alpha value is -4.11. The van der Waals surface area contributed by atoms with Gasteiger partial charge in [0.05, 0.1) is 17.9 Å². The van der Waals surface area contributed by atoms with E-state index in [0.29, 0.717) is 46.8 Å². The van der Waals surface area contributed by atoms with Gasteiger partial charge in [-0.3, -0.25) is 14.6 Å². The van der Waals surface area contributed by atoms with Crippen LogP contribution in [0.4, 0.5) is 5.69 Å². The zero-order valence-electron chi connectivity index (χ0n) is 21.5. The average Bonchev–Trinajstić information content (AvgIpc) is 2.95. The number of amides is 1. The highest BCUT2D eigenvalue weighted by Crippen LogP contribution is 2.39. The van der Waals surface area contributed by atoms with Gasteiger partial charge in [-0.05, 0) is 53.8 Å². The molecule has 0 radical (unpaired) electrons. The number of thioether (sulfide) groups is 1. The van der Waals surface area contributed by atoms with Crippen LogP contribution in [0.5, 0.6) is 11.5 Å². The molecule has 0 bridgehead atoms. The second-order valence-electron chi connectivity index (χ2n) is 8.68. The van der Waals surface area contributed by atoms with Crippen molar-refractivity contribution in [2.75, 3.05) is 17.8 Å². The van der Waals surface area contributed by atoms with Crippen molar-refractivity contribution in [2.24, 2.45) is 0 Å². The molecule has 2 heterocycles. The summed E-state index contributed by atoms with van der Waals surface area (Å²) in [7, 11) is 0. The number of rotatable bonds is 8. The SMILES string of the molecule is CCOc1cc([C@@H]2N(C(=O)CC)c3ccccc3-c3c(=O)[nH]c(SC)n[n+]32)ccc1OCc1ccccc1. The number of benzene rings is 3. The summed E-state index contributed by atoms with van der Waals surface area (Å²) >= 11 is 1.33. The summed E-state index contributed by atoms with van der Waals surface area (Å²) in [5.74, 6) is 1.06. The lowest BCUT2D eigenvalue weighted by Crippen LogP contribution is -2.60. The molecule has 0 spiro atoms. The number of carbonyl (C=O) groups is 1. The van der Waals surface area contributed by atoms with E-state index in [1.165, 1.54) is 11.8 Å². The molecule has 1 amide bonds. The fraction of sp³-hybridized carbons (Fsp3) is 0.241. The van der Waals surface area contributed by atoms with Gasteiger partial charge in [0.2, 0.25) is 11.1 Å². The van der Waals surface area contributed by atoms with Gasteiger partial charge in [-0.25, -0.2) is 4.90 Å². The number of anilines is 1. The number of hydrogen-bond acceptors (Lipinski definition) is 6. The molecule has 0 saturated carbocycles. The number of ether oxygens (including phenoxy) is 2. The number of nitrogens with one attached hydrogen (secondary N) is 1. The predicted octanol–water partition coefficient (Wildman–Crippen LogP) is 4.73. The minimum Gasteiger partial charge on any atom is -0.490 e. The van der Waals surface area contributed by atoms with E-state index in [9.17, 15) is 9.59 Å². The van der Waals surface area contributed by atoms with Crippen LogP contribution >= 0.6 is 11.8 Å². The highest BCUT2D eigenvalue weighted by atomic mass is 32.2. The van der Waals surface area contributed by atoms with Crippen LogP contribution in [0.1, 0.15) is 37.6 Å². The fourth-order valence-electron chi connectivity index (χ4n) is 4.61. The van der Waals surface area contributed by atoms with E-state index in [1.54, 1.807) is 9.58 Å². The lowest BCUT2D eigenvalue weighted by molar-refractivity contribution is -0.763. The number of H-pyrrole nitrogens is 1. The first-order valence-electron chi connectivity index (χ1n) is 12.5. The molecule has 0 unspecified atom stereocenters. The second kappa shape index (κ2) is 11.1. The third-order valence-electron chi connectivity index (χ3n) is 6.33. The van der Waals surface area contributed by atoms with Crippen molar-refractivity contribution in [1.29, 1.82) is 0 Å². The molecule has 5 rings (SSSR count). The quantitative estimate of drug-likeness (QED) is 0.262. The Balaban J connectivity index is 1.66. The molecule has 8 nitrogen and oxygen atoms in total. The highest BCUT2D eigenvalue weighted by Gasteiger charge is 2.45. The third kappa shape index (κ3) is 4.77. The Kier molecular flexibility index (Phi) is 7.46. The summed E-state index contributed by atoms with van der Waals surface area (Å²) in [6.45, 7) is 4.57. The van der Waals surface area contributed by atoms with E-state index in [2.05, 4.69) is 4.98 Å². The first-order chi connectivity index (χ1) is 18.5. The van der Waals surface area contributed by atoms with Crippen LogP contribution in [-0.4, -0.2) is 28.9 Å². The maximum atomic E-state index is 13.4. The van der Waals surface area contributed by atoms with Gasteiger partial charge in [0, 0.05) is 17.1 Å². The van der Waals surface area contributed by atoms with E-state index in [0.717, 1.165) is 11.1 Å². The maximum Gasteiger partial charge on any atom is 0.325 e. The monoisotopic (exact) mass is 529 g/mol. The third-order valence-corrected chi connectivity index (χ3v) is 6.90. The Morgan fingerprint density at radius 2 is 1.79 bits per heavy atom. The maximum absolute atomic E-state index is 13.4. The molecule has 1 aromatic heterocycles. The van der Waals surface area contributed by atoms with Gasteiger partial charge < -0.3 is 9.47 Å².